The summed E-state index contributed by atoms with van der Waals surface area (Å²) in [4.78, 5) is 28.7. The molecule has 0 aliphatic rings. The summed E-state index contributed by atoms with van der Waals surface area (Å²) in [6.45, 7) is 2.86. The van der Waals surface area contributed by atoms with Crippen LogP contribution in [0.1, 0.15) is 18.4 Å². The van der Waals surface area contributed by atoms with E-state index in [2.05, 4.69) is 15.0 Å². The van der Waals surface area contributed by atoms with Gasteiger partial charge in [0, 0.05) is 12.6 Å². The number of methoxy groups -OCH3 is 1. The maximum absolute atomic E-state index is 11.8. The Morgan fingerprint density at radius 1 is 1.45 bits per heavy atom. The van der Waals surface area contributed by atoms with E-state index in [9.17, 15) is 9.59 Å². The van der Waals surface area contributed by atoms with Crippen LogP contribution in [0.2, 0.25) is 0 Å². The fourth-order valence-corrected chi connectivity index (χ4v) is 1.71. The van der Waals surface area contributed by atoms with Crippen LogP contribution in [0.4, 0.5) is 5.82 Å². The molecule has 0 aliphatic heterocycles. The summed E-state index contributed by atoms with van der Waals surface area (Å²) < 4.78 is 4.56. The molecule has 20 heavy (non-hydrogen) atoms. The fourth-order valence-electron chi connectivity index (χ4n) is 1.71. The molecule has 1 rings (SSSR count). The first-order valence-electron chi connectivity index (χ1n) is 6.49. The largest absolute Gasteiger partial charge is 0.469 e. The summed E-state index contributed by atoms with van der Waals surface area (Å²) >= 11 is 0. The van der Waals surface area contributed by atoms with Gasteiger partial charge in [-0.2, -0.15) is 0 Å². The highest BCUT2D eigenvalue weighted by molar-refractivity contribution is 5.91. The Balaban J connectivity index is 2.29. The van der Waals surface area contributed by atoms with Crippen molar-refractivity contribution in [2.75, 3.05) is 32.6 Å². The Hall–Kier alpha value is -1.95. The number of rotatable bonds is 7. The van der Waals surface area contributed by atoms with Crippen molar-refractivity contribution >= 4 is 17.7 Å². The van der Waals surface area contributed by atoms with Gasteiger partial charge in [-0.3, -0.25) is 14.5 Å². The lowest BCUT2D eigenvalue weighted by atomic mass is 10.3. The van der Waals surface area contributed by atoms with Crippen molar-refractivity contribution < 1.29 is 14.3 Å². The third-order valence-corrected chi connectivity index (χ3v) is 2.74. The summed E-state index contributed by atoms with van der Waals surface area (Å²) in [6, 6.07) is 3.68. The summed E-state index contributed by atoms with van der Waals surface area (Å²) in [6.07, 6.45) is 2.69. The van der Waals surface area contributed by atoms with Gasteiger partial charge in [0.25, 0.3) is 0 Å². The molecule has 0 radical (unpaired) electrons. The highest BCUT2D eigenvalue weighted by Gasteiger charge is 2.08. The van der Waals surface area contributed by atoms with E-state index >= 15 is 0 Å². The van der Waals surface area contributed by atoms with E-state index in [-0.39, 0.29) is 18.4 Å². The van der Waals surface area contributed by atoms with Crippen molar-refractivity contribution in [3.63, 3.8) is 0 Å². The lowest BCUT2D eigenvalue weighted by Crippen LogP contribution is -2.31. The topological polar surface area (TPSA) is 71.5 Å². The van der Waals surface area contributed by atoms with Gasteiger partial charge in [0.2, 0.25) is 5.91 Å². The number of nitrogens with one attached hydrogen (secondary N) is 1. The third-order valence-electron chi connectivity index (χ3n) is 2.74. The average molecular weight is 279 g/mol. The lowest BCUT2D eigenvalue weighted by molar-refractivity contribution is -0.140. The SMILES string of the molecule is COC(=O)CCCN(C)CC(=O)Nc1cc(C)ccn1. The van der Waals surface area contributed by atoms with Gasteiger partial charge in [0.1, 0.15) is 5.82 Å². The summed E-state index contributed by atoms with van der Waals surface area (Å²) in [5, 5.41) is 2.74. The van der Waals surface area contributed by atoms with Gasteiger partial charge in [0.15, 0.2) is 0 Å². The van der Waals surface area contributed by atoms with Crippen molar-refractivity contribution in [2.45, 2.75) is 19.8 Å². The van der Waals surface area contributed by atoms with Crippen molar-refractivity contribution in [3.8, 4) is 0 Å². The van der Waals surface area contributed by atoms with E-state index in [0.717, 1.165) is 5.56 Å². The number of carbonyl (C=O) groups is 2. The summed E-state index contributed by atoms with van der Waals surface area (Å²) in [5.74, 6) is 0.202. The van der Waals surface area contributed by atoms with Crippen LogP contribution in [-0.2, 0) is 14.3 Å². The van der Waals surface area contributed by atoms with E-state index in [0.29, 0.717) is 25.2 Å². The van der Waals surface area contributed by atoms with Crippen LogP contribution in [0.3, 0.4) is 0 Å². The number of anilines is 1. The predicted molar refractivity (Wildman–Crippen MR) is 76.4 cm³/mol. The Bertz CT molecular complexity index is 463. The summed E-state index contributed by atoms with van der Waals surface area (Å²) in [7, 11) is 3.20. The van der Waals surface area contributed by atoms with Crippen molar-refractivity contribution in [1.82, 2.24) is 9.88 Å². The van der Waals surface area contributed by atoms with E-state index in [4.69, 9.17) is 0 Å². The molecule has 6 heteroatoms. The number of amides is 1. The van der Waals surface area contributed by atoms with Crippen LogP contribution in [0.5, 0.6) is 0 Å². The standard InChI is InChI=1S/C14H21N3O3/c1-11-6-7-15-12(9-11)16-13(18)10-17(2)8-4-5-14(19)20-3/h6-7,9H,4-5,8,10H2,1-3H3,(H,15,16,18). The molecule has 110 valence electrons. The van der Waals surface area contributed by atoms with Crippen LogP contribution in [-0.4, -0.2) is 49.0 Å². The van der Waals surface area contributed by atoms with Gasteiger partial charge in [-0.1, -0.05) is 0 Å². The zero-order valence-corrected chi connectivity index (χ0v) is 12.2. The monoisotopic (exact) mass is 279 g/mol. The molecule has 0 unspecified atom stereocenters. The number of aryl methyl sites for hydroxylation is 1. The Labute approximate surface area is 119 Å². The number of carbonyl (C=O) groups excluding carboxylic acids is 2. The maximum atomic E-state index is 11.8. The molecule has 0 saturated heterocycles. The molecule has 0 bridgehead atoms. The van der Waals surface area contributed by atoms with Gasteiger partial charge in [-0.05, 0) is 44.6 Å². The van der Waals surface area contributed by atoms with Gasteiger partial charge < -0.3 is 10.1 Å². The molecule has 0 aromatic carbocycles. The minimum atomic E-state index is -0.230. The number of aromatic nitrogens is 1. The molecule has 0 spiro atoms. The molecule has 1 amide bonds. The molecule has 6 nitrogen and oxygen atoms in total. The quantitative estimate of drug-likeness (QED) is 0.760. The Morgan fingerprint density at radius 2 is 2.20 bits per heavy atom. The molecule has 1 aromatic heterocycles. The zero-order chi connectivity index (χ0) is 15.0. The van der Waals surface area contributed by atoms with Gasteiger partial charge >= 0.3 is 5.97 Å². The molecule has 1 heterocycles. The number of nitrogens with zero attached hydrogens (tertiary/aromatic N) is 2. The van der Waals surface area contributed by atoms with Crippen LogP contribution in [0.15, 0.2) is 18.3 Å². The Morgan fingerprint density at radius 3 is 2.85 bits per heavy atom. The lowest BCUT2D eigenvalue weighted by Gasteiger charge is -2.15. The van der Waals surface area contributed by atoms with Gasteiger partial charge in [0.05, 0.1) is 13.7 Å². The minimum absolute atomic E-state index is 0.122. The molecule has 1 aromatic rings. The fraction of sp³-hybridized carbons (Fsp3) is 0.500. The van der Waals surface area contributed by atoms with E-state index in [1.165, 1.54) is 7.11 Å². The second-order valence-corrected chi connectivity index (χ2v) is 4.68. The number of pyridine rings is 1. The highest BCUT2D eigenvalue weighted by Crippen LogP contribution is 2.05. The van der Waals surface area contributed by atoms with Crippen LogP contribution < -0.4 is 5.32 Å². The minimum Gasteiger partial charge on any atom is -0.469 e. The third kappa shape index (κ3) is 6.29. The first kappa shape index (κ1) is 16.1. The number of hydrogen-bond donors (Lipinski definition) is 1. The number of likely N-dealkylation sites (N-methyl/N-ethyl adjacent to an activating group) is 1. The number of ether oxygens (including phenoxy) is 1. The first-order valence-corrected chi connectivity index (χ1v) is 6.49. The van der Waals surface area contributed by atoms with Gasteiger partial charge in [-0.15, -0.1) is 0 Å². The molecule has 0 atom stereocenters. The second kappa shape index (κ2) is 8.27. The molecule has 0 fully saturated rings. The second-order valence-electron chi connectivity index (χ2n) is 4.68. The Kier molecular flexibility index (Phi) is 6.66. The smallest absolute Gasteiger partial charge is 0.305 e. The van der Waals surface area contributed by atoms with Crippen molar-refractivity contribution in [3.05, 3.63) is 23.9 Å². The molecular weight excluding hydrogens is 258 g/mol. The maximum Gasteiger partial charge on any atom is 0.305 e. The number of esters is 1. The predicted octanol–water partition coefficient (Wildman–Crippen LogP) is 1.21. The van der Waals surface area contributed by atoms with Crippen LogP contribution >= 0.6 is 0 Å². The number of hydrogen-bond acceptors (Lipinski definition) is 5. The zero-order valence-electron chi connectivity index (χ0n) is 12.2. The molecular formula is C14H21N3O3. The van der Waals surface area contributed by atoms with Crippen molar-refractivity contribution in [2.24, 2.45) is 0 Å². The van der Waals surface area contributed by atoms with E-state index in [1.807, 2.05) is 31.0 Å². The molecule has 1 N–H and O–H groups in total. The van der Waals surface area contributed by atoms with Crippen LogP contribution in [0, 0.1) is 6.92 Å². The van der Waals surface area contributed by atoms with Crippen LogP contribution in [0.25, 0.3) is 0 Å². The van der Waals surface area contributed by atoms with E-state index < -0.39 is 0 Å². The van der Waals surface area contributed by atoms with Gasteiger partial charge in [-0.25, -0.2) is 4.98 Å². The summed E-state index contributed by atoms with van der Waals surface area (Å²) in [5.41, 5.74) is 1.04. The van der Waals surface area contributed by atoms with E-state index in [1.54, 1.807) is 6.20 Å². The normalized spacial score (nSPS) is 10.4. The molecule has 0 saturated carbocycles. The highest BCUT2D eigenvalue weighted by atomic mass is 16.5. The van der Waals surface area contributed by atoms with Crippen molar-refractivity contribution in [1.29, 1.82) is 0 Å². The average Bonchev–Trinajstić information content (AvgIpc) is 2.38. The molecule has 0 aliphatic carbocycles. The first-order chi connectivity index (χ1) is 9.51.